The van der Waals surface area contributed by atoms with Crippen LogP contribution in [0.4, 0.5) is 0 Å². The summed E-state index contributed by atoms with van der Waals surface area (Å²) >= 11 is 0. The van der Waals surface area contributed by atoms with E-state index in [1.54, 1.807) is 0 Å². The van der Waals surface area contributed by atoms with Crippen molar-refractivity contribution in [1.82, 2.24) is 0 Å². The van der Waals surface area contributed by atoms with Crippen LogP contribution in [0.2, 0.25) is 0 Å². The number of cyclic esters (lactones) is 1. The van der Waals surface area contributed by atoms with Gasteiger partial charge in [0.2, 0.25) is 0 Å². The number of benzene rings is 2. The van der Waals surface area contributed by atoms with E-state index in [4.69, 9.17) is 23.7 Å². The monoisotopic (exact) mass is 426 g/mol. The number of ether oxygens (including phenoxy) is 5. The number of carbonyl (C=O) groups excluding carboxylic acids is 1. The summed E-state index contributed by atoms with van der Waals surface area (Å²) in [4.78, 5) is 10.5. The van der Waals surface area contributed by atoms with Gasteiger partial charge in [0.25, 0.3) is 0 Å². The number of carbonyl (C=O) groups is 1. The molecule has 0 amide bonds. The van der Waals surface area contributed by atoms with E-state index in [2.05, 4.69) is 24.3 Å². The molecule has 0 aromatic heterocycles. The molecule has 3 aliphatic heterocycles. The molecular weight excluding hydrogens is 396 g/mol. The van der Waals surface area contributed by atoms with Crippen LogP contribution < -0.4 is 9.47 Å². The first-order valence-electron chi connectivity index (χ1n) is 11.1. The average Bonchev–Trinajstić information content (AvgIpc) is 3.69. The van der Waals surface area contributed by atoms with Crippen molar-refractivity contribution in [3.63, 3.8) is 0 Å². The Morgan fingerprint density at radius 3 is 1.74 bits per heavy atom. The molecule has 2 unspecified atom stereocenters. The molecule has 166 valence electrons. The van der Waals surface area contributed by atoms with Crippen molar-refractivity contribution >= 4 is 5.97 Å². The smallest absolute Gasteiger partial charge is 0.305 e. The molecule has 0 bridgehead atoms. The van der Waals surface area contributed by atoms with Gasteiger partial charge in [-0.1, -0.05) is 24.3 Å². The van der Waals surface area contributed by atoms with Gasteiger partial charge in [0, 0.05) is 6.42 Å². The predicted molar refractivity (Wildman–Crippen MR) is 116 cm³/mol. The van der Waals surface area contributed by atoms with E-state index in [0.717, 1.165) is 50.4 Å². The lowest BCUT2D eigenvalue weighted by molar-refractivity contribution is -0.142. The van der Waals surface area contributed by atoms with Crippen LogP contribution >= 0.6 is 0 Å². The molecule has 0 spiro atoms. The van der Waals surface area contributed by atoms with Gasteiger partial charge in [-0.3, -0.25) is 4.79 Å². The van der Waals surface area contributed by atoms with Crippen LogP contribution in [0, 0.1) is 0 Å². The molecule has 3 fully saturated rings. The minimum Gasteiger partial charge on any atom is -0.491 e. The Morgan fingerprint density at radius 2 is 1.26 bits per heavy atom. The Kier molecular flexibility index (Phi) is 7.80. The fraction of sp³-hybridized carbons (Fsp3) is 0.480. The van der Waals surface area contributed by atoms with Crippen LogP contribution in [0.25, 0.3) is 0 Å². The van der Waals surface area contributed by atoms with Crippen LogP contribution in [-0.2, 0) is 25.4 Å². The summed E-state index contributed by atoms with van der Waals surface area (Å²) in [6.45, 7) is 3.58. The molecule has 3 heterocycles. The first-order valence-corrected chi connectivity index (χ1v) is 11.1. The molecule has 0 aliphatic carbocycles. The first-order chi connectivity index (χ1) is 15.2. The second kappa shape index (κ2) is 11.2. The molecule has 2 atom stereocenters. The summed E-state index contributed by atoms with van der Waals surface area (Å²) < 4.78 is 26.3. The number of hydrogen-bond acceptors (Lipinski definition) is 6. The minimum atomic E-state index is -0.0255. The zero-order valence-corrected chi connectivity index (χ0v) is 17.8. The van der Waals surface area contributed by atoms with Gasteiger partial charge in [-0.2, -0.15) is 0 Å². The van der Waals surface area contributed by atoms with Gasteiger partial charge in [0.1, 0.15) is 36.9 Å². The van der Waals surface area contributed by atoms with Gasteiger partial charge in [0.15, 0.2) is 0 Å². The molecule has 3 aliphatic rings. The number of epoxide rings is 2. The zero-order chi connectivity index (χ0) is 21.3. The van der Waals surface area contributed by atoms with Crippen LogP contribution in [0.15, 0.2) is 48.5 Å². The van der Waals surface area contributed by atoms with Crippen LogP contribution in [-0.4, -0.2) is 51.2 Å². The summed E-state index contributed by atoms with van der Waals surface area (Å²) in [6, 6.07) is 16.5. The van der Waals surface area contributed by atoms with Gasteiger partial charge in [-0.15, -0.1) is 0 Å². The number of hydrogen-bond donors (Lipinski definition) is 0. The summed E-state index contributed by atoms with van der Waals surface area (Å²) in [5.74, 6) is 1.77. The molecule has 3 saturated heterocycles. The second-order valence-electron chi connectivity index (χ2n) is 8.03. The topological polar surface area (TPSA) is 69.8 Å². The van der Waals surface area contributed by atoms with E-state index in [9.17, 15) is 4.79 Å². The fourth-order valence-corrected chi connectivity index (χ4v) is 3.16. The molecule has 0 N–H and O–H groups in total. The summed E-state index contributed by atoms with van der Waals surface area (Å²) in [5, 5.41) is 0. The number of rotatable bonds is 8. The van der Waals surface area contributed by atoms with Crippen molar-refractivity contribution in [1.29, 1.82) is 0 Å². The third kappa shape index (κ3) is 8.23. The highest BCUT2D eigenvalue weighted by molar-refractivity contribution is 5.69. The van der Waals surface area contributed by atoms with Gasteiger partial charge in [0.05, 0.1) is 19.8 Å². The van der Waals surface area contributed by atoms with Gasteiger partial charge in [-0.05, 0) is 61.1 Å². The van der Waals surface area contributed by atoms with E-state index in [-0.39, 0.29) is 5.97 Å². The maximum Gasteiger partial charge on any atom is 0.305 e. The van der Waals surface area contributed by atoms with Crippen LogP contribution in [0.1, 0.15) is 36.8 Å². The molecule has 5 rings (SSSR count). The molecule has 31 heavy (non-hydrogen) atoms. The Morgan fingerprint density at radius 1 is 0.742 bits per heavy atom. The van der Waals surface area contributed by atoms with Crippen molar-refractivity contribution in [2.45, 2.75) is 44.3 Å². The van der Waals surface area contributed by atoms with Crippen molar-refractivity contribution in [2.75, 3.05) is 33.0 Å². The molecular formula is C25H30O6. The van der Waals surface area contributed by atoms with E-state index in [1.807, 2.05) is 24.3 Å². The highest BCUT2D eigenvalue weighted by Gasteiger charge is 2.23. The fourth-order valence-electron chi connectivity index (χ4n) is 3.16. The SMILES string of the molecule is O=C1CCCCCO1.c1cc(OCC2CO2)ccc1Cc1ccc(OCC2CO2)cc1. The molecule has 2 aromatic carbocycles. The zero-order valence-electron chi connectivity index (χ0n) is 17.8. The number of esters is 1. The Hall–Kier alpha value is -2.57. The molecule has 2 aromatic rings. The molecule has 0 saturated carbocycles. The van der Waals surface area contributed by atoms with Crippen molar-refractivity contribution in [2.24, 2.45) is 0 Å². The average molecular weight is 427 g/mol. The molecule has 6 nitrogen and oxygen atoms in total. The maximum atomic E-state index is 10.5. The second-order valence-corrected chi connectivity index (χ2v) is 8.03. The van der Waals surface area contributed by atoms with E-state index in [0.29, 0.717) is 38.4 Å². The van der Waals surface area contributed by atoms with Crippen LogP contribution in [0.3, 0.4) is 0 Å². The summed E-state index contributed by atoms with van der Waals surface area (Å²) in [6.07, 6.45) is 5.32. The predicted octanol–water partition coefficient (Wildman–Crippen LogP) is 3.94. The quantitative estimate of drug-likeness (QED) is 0.470. The largest absolute Gasteiger partial charge is 0.491 e. The lowest BCUT2D eigenvalue weighted by atomic mass is 10.0. The normalized spacial score (nSPS) is 21.7. The van der Waals surface area contributed by atoms with Crippen molar-refractivity contribution in [3.05, 3.63) is 59.7 Å². The Bertz CT molecular complexity index is 741. The van der Waals surface area contributed by atoms with Gasteiger partial charge >= 0.3 is 5.97 Å². The highest BCUT2D eigenvalue weighted by atomic mass is 16.6. The Labute approximate surface area is 183 Å². The third-order valence-electron chi connectivity index (χ3n) is 5.22. The minimum absolute atomic E-state index is 0.0255. The van der Waals surface area contributed by atoms with Crippen molar-refractivity contribution in [3.8, 4) is 11.5 Å². The van der Waals surface area contributed by atoms with Gasteiger partial charge in [-0.25, -0.2) is 0 Å². The molecule has 0 radical (unpaired) electrons. The molecule has 6 heteroatoms. The maximum absolute atomic E-state index is 10.5. The lowest BCUT2D eigenvalue weighted by Crippen LogP contribution is -2.04. The van der Waals surface area contributed by atoms with Gasteiger partial charge < -0.3 is 23.7 Å². The third-order valence-corrected chi connectivity index (χ3v) is 5.22. The van der Waals surface area contributed by atoms with Crippen LogP contribution in [0.5, 0.6) is 11.5 Å². The summed E-state index contributed by atoms with van der Waals surface area (Å²) in [7, 11) is 0. The van der Waals surface area contributed by atoms with E-state index < -0.39 is 0 Å². The first kappa shape index (κ1) is 21.7. The van der Waals surface area contributed by atoms with E-state index >= 15 is 0 Å². The van der Waals surface area contributed by atoms with E-state index in [1.165, 1.54) is 11.1 Å². The van der Waals surface area contributed by atoms with Crippen molar-refractivity contribution < 1.29 is 28.5 Å². The highest BCUT2D eigenvalue weighted by Crippen LogP contribution is 2.20. The standard InChI is InChI=1S/C19H20O4.C6H10O2/c1-5-16(20-10-18-12-22-18)6-2-14(1)9-15-3-7-17(8-4-15)21-11-19-13-23-19;7-6-4-2-1-3-5-8-6/h1-8,18-19H,9-13H2;1-5H2. The lowest BCUT2D eigenvalue weighted by Gasteiger charge is -2.07. The summed E-state index contributed by atoms with van der Waals surface area (Å²) in [5.41, 5.74) is 2.53. The Balaban J connectivity index is 0.000000245.